The summed E-state index contributed by atoms with van der Waals surface area (Å²) in [4.78, 5) is 3.15. The molecule has 0 unspecified atom stereocenters. The fourth-order valence-corrected chi connectivity index (χ4v) is 1.17. The standard InChI is InChI=1S/C11H14N2/c1-9-4-5-11(10(2)8-9)13-7-3-6-12/h3-8H,12H2,1-2H3/p+1/b6-3-,13-7?. The minimum Gasteiger partial charge on any atom is -0.404 e. The van der Waals surface area contributed by atoms with E-state index < -0.39 is 0 Å². The van der Waals surface area contributed by atoms with Gasteiger partial charge in [-0.05, 0) is 26.1 Å². The largest absolute Gasteiger partial charge is 0.404 e. The highest BCUT2D eigenvalue weighted by atomic mass is 14.7. The van der Waals surface area contributed by atoms with E-state index in [0.29, 0.717) is 0 Å². The number of aryl methyl sites for hydroxylation is 2. The number of nitrogens with two attached hydrogens (primary N) is 1. The number of hydrogen-bond donors (Lipinski definition) is 2. The lowest BCUT2D eigenvalue weighted by Gasteiger charge is -1.94. The lowest BCUT2D eigenvalue weighted by molar-refractivity contribution is -0.347. The Labute approximate surface area is 78.8 Å². The number of nitrogens with one attached hydrogen (secondary N) is 1. The molecule has 0 saturated heterocycles. The van der Waals surface area contributed by atoms with E-state index in [1.165, 1.54) is 17.3 Å². The SMILES string of the molecule is Cc1ccc([NH+]=C/C=C\N)c(C)c1. The van der Waals surface area contributed by atoms with Gasteiger partial charge in [-0.1, -0.05) is 11.6 Å². The normalized spacial score (nSPS) is 11.5. The zero-order valence-electron chi connectivity index (χ0n) is 8.04. The van der Waals surface area contributed by atoms with Gasteiger partial charge in [-0.25, -0.2) is 4.99 Å². The summed E-state index contributed by atoms with van der Waals surface area (Å²) in [6.07, 6.45) is 5.08. The van der Waals surface area contributed by atoms with Gasteiger partial charge in [0.2, 0.25) is 5.69 Å². The van der Waals surface area contributed by atoms with Gasteiger partial charge in [0.25, 0.3) is 0 Å². The van der Waals surface area contributed by atoms with Crippen molar-refractivity contribution in [2.75, 3.05) is 0 Å². The van der Waals surface area contributed by atoms with Crippen molar-refractivity contribution >= 4 is 11.9 Å². The van der Waals surface area contributed by atoms with Crippen LogP contribution in [0.1, 0.15) is 11.1 Å². The number of benzene rings is 1. The van der Waals surface area contributed by atoms with E-state index in [2.05, 4.69) is 37.0 Å². The molecule has 13 heavy (non-hydrogen) atoms. The van der Waals surface area contributed by atoms with Crippen molar-refractivity contribution in [1.82, 2.24) is 0 Å². The van der Waals surface area contributed by atoms with Crippen LogP contribution < -0.4 is 10.7 Å². The van der Waals surface area contributed by atoms with Crippen LogP contribution in [0.2, 0.25) is 0 Å². The lowest BCUT2D eigenvalue weighted by atomic mass is 10.1. The first-order valence-corrected chi connectivity index (χ1v) is 4.28. The molecule has 1 rings (SSSR count). The fourth-order valence-electron chi connectivity index (χ4n) is 1.17. The Morgan fingerprint density at radius 3 is 2.69 bits per heavy atom. The van der Waals surface area contributed by atoms with E-state index in [9.17, 15) is 0 Å². The molecule has 0 atom stereocenters. The third-order valence-electron chi connectivity index (χ3n) is 1.83. The van der Waals surface area contributed by atoms with E-state index in [-0.39, 0.29) is 0 Å². The van der Waals surface area contributed by atoms with E-state index in [0.717, 1.165) is 5.69 Å². The molecule has 0 heterocycles. The summed E-state index contributed by atoms with van der Waals surface area (Å²) >= 11 is 0. The third-order valence-corrected chi connectivity index (χ3v) is 1.83. The Kier molecular flexibility index (Phi) is 3.26. The molecule has 0 bridgehead atoms. The average molecular weight is 175 g/mol. The minimum absolute atomic E-state index is 1.11. The van der Waals surface area contributed by atoms with Gasteiger partial charge in [-0.15, -0.1) is 0 Å². The van der Waals surface area contributed by atoms with Crippen molar-refractivity contribution in [2.24, 2.45) is 5.73 Å². The molecule has 0 aliphatic carbocycles. The summed E-state index contributed by atoms with van der Waals surface area (Å²) < 4.78 is 0. The van der Waals surface area contributed by atoms with Crippen LogP contribution in [0.15, 0.2) is 30.5 Å². The summed E-state index contributed by atoms with van der Waals surface area (Å²) in [6.45, 7) is 4.16. The van der Waals surface area contributed by atoms with Gasteiger partial charge in [0.05, 0.1) is 0 Å². The van der Waals surface area contributed by atoms with Gasteiger partial charge in [0.1, 0.15) is 0 Å². The van der Waals surface area contributed by atoms with E-state index in [4.69, 9.17) is 5.73 Å². The Morgan fingerprint density at radius 1 is 1.31 bits per heavy atom. The second kappa shape index (κ2) is 4.45. The van der Waals surface area contributed by atoms with E-state index in [1.807, 2.05) is 6.21 Å². The fraction of sp³-hybridized carbons (Fsp3) is 0.182. The summed E-state index contributed by atoms with van der Waals surface area (Å²) in [5.74, 6) is 0. The highest BCUT2D eigenvalue weighted by Crippen LogP contribution is 2.09. The second-order valence-electron chi connectivity index (χ2n) is 3.01. The second-order valence-corrected chi connectivity index (χ2v) is 3.01. The quantitative estimate of drug-likeness (QED) is 0.633. The molecule has 0 aliphatic heterocycles. The average Bonchev–Trinajstić information content (AvgIpc) is 2.09. The van der Waals surface area contributed by atoms with Crippen molar-refractivity contribution in [3.8, 4) is 0 Å². The van der Waals surface area contributed by atoms with Crippen molar-refractivity contribution in [3.05, 3.63) is 41.6 Å². The highest BCUT2D eigenvalue weighted by Gasteiger charge is 1.99. The molecule has 2 nitrogen and oxygen atoms in total. The van der Waals surface area contributed by atoms with Crippen LogP contribution in [0, 0.1) is 13.8 Å². The molecule has 3 N–H and O–H groups in total. The van der Waals surface area contributed by atoms with Crippen molar-refractivity contribution in [3.63, 3.8) is 0 Å². The van der Waals surface area contributed by atoms with Crippen LogP contribution in [-0.2, 0) is 0 Å². The van der Waals surface area contributed by atoms with Gasteiger partial charge in [-0.2, -0.15) is 0 Å². The van der Waals surface area contributed by atoms with Gasteiger partial charge in [0, 0.05) is 17.7 Å². The maximum absolute atomic E-state index is 5.20. The number of rotatable bonds is 2. The molecule has 2 heteroatoms. The Hall–Kier alpha value is -1.57. The molecular weight excluding hydrogens is 160 g/mol. The summed E-state index contributed by atoms with van der Waals surface area (Å²) in [5, 5.41) is 0. The molecular formula is C11H15N2+. The Bertz CT molecular complexity index is 338. The van der Waals surface area contributed by atoms with Gasteiger partial charge < -0.3 is 5.73 Å². The maximum Gasteiger partial charge on any atom is 0.206 e. The van der Waals surface area contributed by atoms with Crippen molar-refractivity contribution in [2.45, 2.75) is 13.8 Å². The lowest BCUT2D eigenvalue weighted by Crippen LogP contribution is -2.61. The molecule has 1 aromatic rings. The van der Waals surface area contributed by atoms with Gasteiger partial charge in [-0.3, -0.25) is 0 Å². The minimum atomic E-state index is 1.11. The topological polar surface area (TPSA) is 40.0 Å². The molecule has 0 amide bonds. The van der Waals surface area contributed by atoms with Crippen LogP contribution in [0.5, 0.6) is 0 Å². The Balaban J connectivity index is 2.89. The number of allylic oxidation sites excluding steroid dienone is 1. The zero-order valence-corrected chi connectivity index (χ0v) is 8.04. The monoisotopic (exact) mass is 175 g/mol. The van der Waals surface area contributed by atoms with Crippen LogP contribution in [0.4, 0.5) is 5.69 Å². The molecule has 68 valence electrons. The van der Waals surface area contributed by atoms with Crippen LogP contribution in [0.25, 0.3) is 0 Å². The first-order chi connectivity index (χ1) is 6.24. The summed E-state index contributed by atoms with van der Waals surface area (Å²) in [7, 11) is 0. The predicted octanol–water partition coefficient (Wildman–Crippen LogP) is 0.559. The van der Waals surface area contributed by atoms with Crippen LogP contribution in [-0.4, -0.2) is 6.21 Å². The maximum atomic E-state index is 5.20. The van der Waals surface area contributed by atoms with E-state index >= 15 is 0 Å². The van der Waals surface area contributed by atoms with Gasteiger partial charge in [0.15, 0.2) is 6.21 Å². The first kappa shape index (κ1) is 9.52. The molecule has 0 spiro atoms. The van der Waals surface area contributed by atoms with E-state index in [1.54, 1.807) is 6.08 Å². The first-order valence-electron chi connectivity index (χ1n) is 4.28. The Morgan fingerprint density at radius 2 is 2.08 bits per heavy atom. The number of hydrogen-bond acceptors (Lipinski definition) is 1. The molecule has 0 fully saturated rings. The van der Waals surface area contributed by atoms with Crippen LogP contribution >= 0.6 is 0 Å². The molecule has 0 saturated carbocycles. The summed E-state index contributed by atoms with van der Waals surface area (Å²) in [5.41, 5.74) is 8.83. The molecule has 0 radical (unpaired) electrons. The smallest absolute Gasteiger partial charge is 0.206 e. The third kappa shape index (κ3) is 2.75. The highest BCUT2D eigenvalue weighted by molar-refractivity contribution is 5.66. The summed E-state index contributed by atoms with van der Waals surface area (Å²) in [6, 6.07) is 6.28. The molecule has 0 aromatic heterocycles. The van der Waals surface area contributed by atoms with Crippen molar-refractivity contribution < 1.29 is 4.99 Å². The molecule has 1 aromatic carbocycles. The zero-order chi connectivity index (χ0) is 9.68. The van der Waals surface area contributed by atoms with Crippen LogP contribution in [0.3, 0.4) is 0 Å². The molecule has 0 aliphatic rings. The van der Waals surface area contributed by atoms with Crippen molar-refractivity contribution in [1.29, 1.82) is 0 Å². The van der Waals surface area contributed by atoms with Gasteiger partial charge >= 0.3 is 0 Å². The predicted molar refractivity (Wildman–Crippen MR) is 55.9 cm³/mol.